The summed E-state index contributed by atoms with van der Waals surface area (Å²) < 4.78 is 0. The van der Waals surface area contributed by atoms with Gasteiger partial charge >= 0.3 is 0 Å². The zero-order chi connectivity index (χ0) is 14.8. The summed E-state index contributed by atoms with van der Waals surface area (Å²) in [5.74, 6) is 2.13. The molecule has 0 unspecified atom stereocenters. The topological polar surface area (TPSA) is 27.6 Å². The molecule has 112 valence electrons. The molecule has 0 aliphatic carbocycles. The fourth-order valence-corrected chi connectivity index (χ4v) is 2.60. The van der Waals surface area contributed by atoms with Crippen LogP contribution in [0.2, 0.25) is 5.02 Å². The molecule has 0 amide bonds. The molecular weight excluding hydrogens is 290 g/mol. The van der Waals surface area contributed by atoms with Gasteiger partial charge in [0.1, 0.15) is 0 Å². The summed E-state index contributed by atoms with van der Waals surface area (Å²) in [4.78, 5) is 6.41. The highest BCUT2D eigenvalue weighted by atomic mass is 35.5. The van der Waals surface area contributed by atoms with E-state index in [4.69, 9.17) is 11.6 Å². The van der Waals surface area contributed by atoms with Gasteiger partial charge in [0.15, 0.2) is 5.96 Å². The van der Waals surface area contributed by atoms with Crippen molar-refractivity contribution in [3.05, 3.63) is 34.9 Å². The molecule has 1 aromatic carbocycles. The summed E-state index contributed by atoms with van der Waals surface area (Å²) in [5.41, 5.74) is 1.11. The molecule has 0 saturated heterocycles. The average molecular weight is 314 g/mol. The molecule has 0 bridgehead atoms. The molecule has 20 heavy (non-hydrogen) atoms. The lowest BCUT2D eigenvalue weighted by atomic mass is 10.2. The van der Waals surface area contributed by atoms with E-state index in [0.29, 0.717) is 0 Å². The van der Waals surface area contributed by atoms with Gasteiger partial charge in [-0.05, 0) is 36.5 Å². The Morgan fingerprint density at radius 2 is 2.10 bits per heavy atom. The minimum atomic E-state index is 0.754. The molecule has 0 fully saturated rings. The third-order valence-electron chi connectivity index (χ3n) is 3.00. The molecule has 0 spiro atoms. The fraction of sp³-hybridized carbons (Fsp3) is 0.533. The number of aliphatic imine (C=N–C) groups is 1. The average Bonchev–Trinajstić information content (AvgIpc) is 2.45. The maximum Gasteiger partial charge on any atom is 0.193 e. The van der Waals surface area contributed by atoms with Crippen LogP contribution in [0.3, 0.4) is 0 Å². The summed E-state index contributed by atoms with van der Waals surface area (Å²) in [6, 6.07) is 7.92. The van der Waals surface area contributed by atoms with Crippen LogP contribution < -0.4 is 5.32 Å². The highest BCUT2D eigenvalue weighted by molar-refractivity contribution is 7.98. The maximum atomic E-state index is 6.19. The lowest BCUT2D eigenvalue weighted by Gasteiger charge is -2.22. The van der Waals surface area contributed by atoms with Gasteiger partial charge in [-0.25, -0.2) is 0 Å². The van der Waals surface area contributed by atoms with Gasteiger partial charge in [0.05, 0.1) is 0 Å². The lowest BCUT2D eigenvalue weighted by molar-refractivity contribution is 0.475. The number of guanidine groups is 1. The Morgan fingerprint density at radius 1 is 1.35 bits per heavy atom. The second-order valence-electron chi connectivity index (χ2n) is 4.62. The van der Waals surface area contributed by atoms with E-state index < -0.39 is 0 Å². The molecule has 3 nitrogen and oxygen atoms in total. The van der Waals surface area contributed by atoms with Crippen LogP contribution in [0.15, 0.2) is 29.3 Å². The SMILES string of the molecule is CN=C(NCCCCSC)N(C)Cc1ccccc1Cl. The van der Waals surface area contributed by atoms with Crippen LogP contribution in [0.25, 0.3) is 0 Å². The minimum absolute atomic E-state index is 0.754. The van der Waals surface area contributed by atoms with Crippen LogP contribution >= 0.6 is 23.4 Å². The summed E-state index contributed by atoms with van der Waals surface area (Å²) >= 11 is 8.08. The number of hydrogen-bond donors (Lipinski definition) is 1. The van der Waals surface area contributed by atoms with Crippen molar-refractivity contribution in [3.63, 3.8) is 0 Å². The number of unbranched alkanes of at least 4 members (excludes halogenated alkanes) is 1. The smallest absolute Gasteiger partial charge is 0.193 e. The van der Waals surface area contributed by atoms with E-state index in [1.807, 2.05) is 50.1 Å². The number of halogens is 1. The first-order valence-electron chi connectivity index (χ1n) is 6.83. The van der Waals surface area contributed by atoms with Gasteiger partial charge < -0.3 is 10.2 Å². The molecule has 1 N–H and O–H groups in total. The second-order valence-corrected chi connectivity index (χ2v) is 6.01. The molecule has 1 aromatic rings. The second kappa shape index (κ2) is 9.94. The molecule has 0 aliphatic heterocycles. The Kier molecular flexibility index (Phi) is 8.54. The Hall–Kier alpha value is -0.870. The van der Waals surface area contributed by atoms with Crippen molar-refractivity contribution in [1.82, 2.24) is 10.2 Å². The molecule has 0 radical (unpaired) electrons. The standard InChI is InChI=1S/C15H24ClN3S/c1-17-15(18-10-6-7-11-20-3)19(2)12-13-8-4-5-9-14(13)16/h4-5,8-9H,6-7,10-12H2,1-3H3,(H,17,18). The van der Waals surface area contributed by atoms with E-state index in [1.165, 1.54) is 18.6 Å². The predicted octanol–water partition coefficient (Wildman–Crippen LogP) is 3.49. The zero-order valence-corrected chi connectivity index (χ0v) is 14.1. The highest BCUT2D eigenvalue weighted by Gasteiger charge is 2.08. The fourth-order valence-electron chi connectivity index (χ4n) is 1.91. The molecule has 1 rings (SSSR count). The number of thioether (sulfide) groups is 1. The highest BCUT2D eigenvalue weighted by Crippen LogP contribution is 2.16. The molecule has 0 atom stereocenters. The van der Waals surface area contributed by atoms with E-state index in [9.17, 15) is 0 Å². The van der Waals surface area contributed by atoms with Crippen molar-refractivity contribution in [3.8, 4) is 0 Å². The number of benzene rings is 1. The van der Waals surface area contributed by atoms with Crippen LogP contribution in [0.4, 0.5) is 0 Å². The number of nitrogens with one attached hydrogen (secondary N) is 1. The predicted molar refractivity (Wildman–Crippen MR) is 91.9 cm³/mol. The van der Waals surface area contributed by atoms with E-state index in [2.05, 4.69) is 21.5 Å². The van der Waals surface area contributed by atoms with Gasteiger partial charge in [0, 0.05) is 32.2 Å². The van der Waals surface area contributed by atoms with Gasteiger partial charge in [-0.3, -0.25) is 4.99 Å². The molecule has 5 heteroatoms. The Balaban J connectivity index is 2.43. The summed E-state index contributed by atoms with van der Waals surface area (Å²) in [5, 5.41) is 4.19. The van der Waals surface area contributed by atoms with E-state index in [1.54, 1.807) is 0 Å². The van der Waals surface area contributed by atoms with Crippen molar-refractivity contribution in [1.29, 1.82) is 0 Å². The van der Waals surface area contributed by atoms with Crippen molar-refractivity contribution in [2.24, 2.45) is 4.99 Å². The van der Waals surface area contributed by atoms with Gasteiger partial charge in [-0.15, -0.1) is 0 Å². The van der Waals surface area contributed by atoms with Crippen molar-refractivity contribution in [2.45, 2.75) is 19.4 Å². The number of nitrogens with zero attached hydrogens (tertiary/aromatic N) is 2. The van der Waals surface area contributed by atoms with E-state index in [-0.39, 0.29) is 0 Å². The van der Waals surface area contributed by atoms with Crippen molar-refractivity contribution in [2.75, 3.05) is 32.6 Å². The van der Waals surface area contributed by atoms with E-state index in [0.717, 1.165) is 29.6 Å². The molecule has 0 heterocycles. The first-order valence-corrected chi connectivity index (χ1v) is 8.60. The van der Waals surface area contributed by atoms with Crippen LogP contribution in [0.1, 0.15) is 18.4 Å². The van der Waals surface area contributed by atoms with Crippen LogP contribution in [-0.4, -0.2) is 43.5 Å². The molecular formula is C15H24ClN3S. The van der Waals surface area contributed by atoms with Crippen molar-refractivity contribution >= 4 is 29.3 Å². The van der Waals surface area contributed by atoms with Crippen LogP contribution in [0, 0.1) is 0 Å². The number of hydrogen-bond acceptors (Lipinski definition) is 2. The summed E-state index contributed by atoms with van der Waals surface area (Å²) in [7, 11) is 3.84. The summed E-state index contributed by atoms with van der Waals surface area (Å²) in [6.07, 6.45) is 4.54. The maximum absolute atomic E-state index is 6.19. The Bertz CT molecular complexity index is 423. The summed E-state index contributed by atoms with van der Waals surface area (Å²) in [6.45, 7) is 1.71. The Morgan fingerprint density at radius 3 is 2.75 bits per heavy atom. The van der Waals surface area contributed by atoms with Gasteiger partial charge in [0.25, 0.3) is 0 Å². The quantitative estimate of drug-likeness (QED) is 0.474. The third-order valence-corrected chi connectivity index (χ3v) is 4.06. The number of rotatable bonds is 7. The van der Waals surface area contributed by atoms with Crippen molar-refractivity contribution < 1.29 is 0 Å². The van der Waals surface area contributed by atoms with Crippen LogP contribution in [-0.2, 0) is 6.54 Å². The molecule has 0 aromatic heterocycles. The monoisotopic (exact) mass is 313 g/mol. The lowest BCUT2D eigenvalue weighted by Crippen LogP contribution is -2.38. The zero-order valence-electron chi connectivity index (χ0n) is 12.5. The Labute approximate surface area is 131 Å². The van der Waals surface area contributed by atoms with E-state index >= 15 is 0 Å². The first kappa shape index (κ1) is 17.2. The minimum Gasteiger partial charge on any atom is -0.356 e. The third kappa shape index (κ3) is 6.06. The molecule has 0 aliphatic rings. The van der Waals surface area contributed by atoms with Crippen LogP contribution in [0.5, 0.6) is 0 Å². The van der Waals surface area contributed by atoms with Gasteiger partial charge in [-0.1, -0.05) is 29.8 Å². The largest absolute Gasteiger partial charge is 0.356 e. The van der Waals surface area contributed by atoms with Gasteiger partial charge in [-0.2, -0.15) is 11.8 Å². The first-order chi connectivity index (χ1) is 9.69. The molecule has 0 saturated carbocycles. The van der Waals surface area contributed by atoms with Gasteiger partial charge in [0.2, 0.25) is 0 Å². The normalized spacial score (nSPS) is 11.5.